The first-order valence-electron chi connectivity index (χ1n) is 13.7. The highest BCUT2D eigenvalue weighted by Gasteiger charge is 2.27. The van der Waals surface area contributed by atoms with E-state index < -0.39 is 20.2 Å². The number of unbranched alkanes of at least 4 members (excludes halogenated alkanes) is 10. The van der Waals surface area contributed by atoms with Gasteiger partial charge >= 0.3 is 0 Å². The fourth-order valence-electron chi connectivity index (χ4n) is 3.81. The number of nitrogens with zero attached hydrogens (tertiary/aromatic N) is 3. The molecule has 0 unspecified atom stereocenters. The Labute approximate surface area is 235 Å². The van der Waals surface area contributed by atoms with Crippen LogP contribution < -0.4 is 10.5 Å². The van der Waals surface area contributed by atoms with Gasteiger partial charge in [-0.3, -0.25) is 9.68 Å². The molecule has 1 aromatic carbocycles. The first kappa shape index (κ1) is 35.1. The summed E-state index contributed by atoms with van der Waals surface area (Å²) in [5.74, 6) is -0.429. The molecule has 0 aliphatic rings. The van der Waals surface area contributed by atoms with E-state index >= 15 is 0 Å². The maximum atomic E-state index is 12.7. The van der Waals surface area contributed by atoms with Crippen LogP contribution in [0.15, 0.2) is 18.2 Å². The van der Waals surface area contributed by atoms with Gasteiger partial charge in [0.15, 0.2) is 0 Å². The van der Waals surface area contributed by atoms with Crippen LogP contribution in [0.2, 0.25) is 0 Å². The average molecular weight is 592 g/mol. The molecule has 0 aromatic heterocycles. The van der Waals surface area contributed by atoms with Crippen LogP contribution >= 0.6 is 0 Å². The molecule has 0 aliphatic carbocycles. The van der Waals surface area contributed by atoms with Crippen molar-refractivity contribution in [2.75, 3.05) is 36.2 Å². The normalized spacial score (nSPS) is 11.9. The van der Waals surface area contributed by atoms with Crippen LogP contribution in [0.3, 0.4) is 0 Å². The van der Waals surface area contributed by atoms with E-state index in [9.17, 15) is 16.8 Å². The lowest BCUT2D eigenvalue weighted by molar-refractivity contribution is 0.00111. The summed E-state index contributed by atoms with van der Waals surface area (Å²) < 4.78 is 61.2. The molecule has 0 saturated heterocycles. The van der Waals surface area contributed by atoms with E-state index in [1.807, 2.05) is 6.07 Å². The summed E-state index contributed by atoms with van der Waals surface area (Å²) in [7, 11) is -5.67. The number of benzene rings is 1. The van der Waals surface area contributed by atoms with Crippen LogP contribution in [0, 0.1) is 11.3 Å². The monoisotopic (exact) mass is 591 g/mol. The van der Waals surface area contributed by atoms with Crippen molar-refractivity contribution >= 4 is 31.6 Å². The van der Waals surface area contributed by atoms with Crippen LogP contribution in [0.5, 0.6) is 0 Å². The smallest absolute Gasteiger partial charge is 0.251 e. The van der Waals surface area contributed by atoms with E-state index in [4.69, 9.17) is 23.5 Å². The zero-order chi connectivity index (χ0) is 29.2. The topological polar surface area (TPSA) is 135 Å². The Bertz CT molecular complexity index is 1080. The maximum Gasteiger partial charge on any atom is 0.290 e. The second-order valence-corrected chi connectivity index (χ2v) is 12.6. The summed E-state index contributed by atoms with van der Waals surface area (Å²) in [6.07, 6.45) is 10.8. The fraction of sp³-hybridized carbons (Fsp3) is 0.731. The zero-order valence-electron chi connectivity index (χ0n) is 23.8. The fourth-order valence-corrected chi connectivity index (χ4v) is 5.77. The largest absolute Gasteiger partial charge is 0.290 e. The van der Waals surface area contributed by atoms with E-state index in [1.54, 1.807) is 6.07 Å². The van der Waals surface area contributed by atoms with Crippen molar-refractivity contribution in [3.05, 3.63) is 23.8 Å². The van der Waals surface area contributed by atoms with Gasteiger partial charge in [-0.15, -0.1) is 19.0 Å². The van der Waals surface area contributed by atoms with Crippen molar-refractivity contribution in [2.24, 2.45) is 0 Å². The van der Waals surface area contributed by atoms with Crippen molar-refractivity contribution in [1.82, 2.24) is 0 Å². The van der Waals surface area contributed by atoms with Crippen LogP contribution in [-0.2, 0) is 44.9 Å². The van der Waals surface area contributed by atoms with Crippen molar-refractivity contribution < 1.29 is 35.1 Å². The highest BCUT2D eigenvalue weighted by Crippen LogP contribution is 2.33. The van der Waals surface area contributed by atoms with Crippen LogP contribution in [-0.4, -0.2) is 42.6 Å². The predicted octanol–water partition coefficient (Wildman–Crippen LogP) is 5.73. The van der Waals surface area contributed by atoms with E-state index in [2.05, 4.69) is 13.8 Å². The second kappa shape index (κ2) is 19.2. The van der Waals surface area contributed by atoms with Gasteiger partial charge in [-0.2, -0.15) is 22.1 Å². The Kier molecular flexibility index (Phi) is 17.3. The van der Waals surface area contributed by atoms with Crippen molar-refractivity contribution in [3.8, 4) is 6.07 Å². The quantitative estimate of drug-likeness (QED) is 0.114. The van der Waals surface area contributed by atoms with Crippen molar-refractivity contribution in [3.63, 3.8) is 0 Å². The molecule has 1 rings (SSSR count). The Morgan fingerprint density at radius 2 is 1.13 bits per heavy atom. The number of nitriles is 1. The molecule has 0 atom stereocenters. The molecule has 0 spiro atoms. The highest BCUT2D eigenvalue weighted by molar-refractivity contribution is 7.87. The Morgan fingerprint density at radius 1 is 0.692 bits per heavy atom. The molecule has 0 bridgehead atoms. The lowest BCUT2D eigenvalue weighted by Crippen LogP contribution is -2.32. The molecule has 0 N–H and O–H groups in total. The van der Waals surface area contributed by atoms with E-state index in [1.165, 1.54) is 26.4 Å². The van der Waals surface area contributed by atoms with Gasteiger partial charge in [-0.25, -0.2) is 0 Å². The third kappa shape index (κ3) is 14.3. The first-order chi connectivity index (χ1) is 18.6. The third-order valence-electron chi connectivity index (χ3n) is 5.91. The number of hydrogen-bond donors (Lipinski definition) is 0. The Balaban J connectivity index is 3.06. The number of anilines is 2. The van der Waals surface area contributed by atoms with Gasteiger partial charge < -0.3 is 0 Å². The van der Waals surface area contributed by atoms with E-state index in [0.29, 0.717) is 28.9 Å². The highest BCUT2D eigenvalue weighted by atomic mass is 32.2. The predicted molar refractivity (Wildman–Crippen MR) is 151 cm³/mol. The van der Waals surface area contributed by atoms with Gasteiger partial charge in [0.2, 0.25) is 0 Å². The van der Waals surface area contributed by atoms with Gasteiger partial charge in [0, 0.05) is 0 Å². The van der Waals surface area contributed by atoms with Gasteiger partial charge in [0.25, 0.3) is 20.2 Å². The van der Waals surface area contributed by atoms with Gasteiger partial charge in [-0.1, -0.05) is 84.1 Å². The van der Waals surface area contributed by atoms with Crippen LogP contribution in [0.1, 0.15) is 96.5 Å². The minimum Gasteiger partial charge on any atom is -0.251 e. The molecule has 0 amide bonds. The first-order valence-corrected chi connectivity index (χ1v) is 16.8. The standard InChI is InChI=1S/C26H45N3O8S2/c1-5-7-9-11-13-15-21-38(30,31)36-28(34-3)25-18-17-24(19-20-27)23-26(25)29(35-4)37-39(32,33)22-16-14-12-10-8-6-2/h17-18,23H,5-16,19,21-22H2,1-4H3. The molecule has 0 saturated carbocycles. The lowest BCUT2D eigenvalue weighted by atomic mass is 10.1. The summed E-state index contributed by atoms with van der Waals surface area (Å²) >= 11 is 0. The van der Waals surface area contributed by atoms with Crippen LogP contribution in [0.25, 0.3) is 0 Å². The molecule has 11 nitrogen and oxygen atoms in total. The summed E-state index contributed by atoms with van der Waals surface area (Å²) in [6, 6.07) is 6.46. The lowest BCUT2D eigenvalue weighted by Gasteiger charge is -2.27. The molecule has 0 fully saturated rings. The Hall–Kier alpha value is -1.95. The SMILES string of the molecule is CCCCCCCCS(=O)(=O)ON(OC)c1ccc(CC#N)cc1N(OC)OS(=O)(=O)CCCCCCCC. The van der Waals surface area contributed by atoms with E-state index in [0.717, 1.165) is 64.2 Å². The summed E-state index contributed by atoms with van der Waals surface area (Å²) in [5, 5.41) is 10.4. The van der Waals surface area contributed by atoms with Crippen LogP contribution in [0.4, 0.5) is 11.4 Å². The molecule has 0 aliphatic heterocycles. The average Bonchev–Trinajstić information content (AvgIpc) is 2.90. The van der Waals surface area contributed by atoms with E-state index in [-0.39, 0.29) is 29.3 Å². The second-order valence-electron chi connectivity index (χ2n) is 9.25. The molecule has 1 aromatic rings. The summed E-state index contributed by atoms with van der Waals surface area (Å²) in [6.45, 7) is 4.22. The number of hydrogen-bond acceptors (Lipinski definition) is 11. The molecule has 39 heavy (non-hydrogen) atoms. The molecule has 0 heterocycles. The molecule has 224 valence electrons. The molecule has 0 radical (unpaired) electrons. The summed E-state index contributed by atoms with van der Waals surface area (Å²) in [4.78, 5) is 10.4. The third-order valence-corrected chi connectivity index (χ3v) is 8.21. The molecular weight excluding hydrogens is 546 g/mol. The summed E-state index contributed by atoms with van der Waals surface area (Å²) in [5.41, 5.74) is 0.497. The maximum absolute atomic E-state index is 12.7. The zero-order valence-corrected chi connectivity index (χ0v) is 25.4. The van der Waals surface area contributed by atoms with Crippen molar-refractivity contribution in [2.45, 2.75) is 97.3 Å². The molecule has 13 heteroatoms. The van der Waals surface area contributed by atoms with Gasteiger partial charge in [0.05, 0.1) is 38.2 Å². The minimum absolute atomic E-state index is 0.00215. The van der Waals surface area contributed by atoms with Gasteiger partial charge in [0.1, 0.15) is 11.4 Å². The van der Waals surface area contributed by atoms with Gasteiger partial charge in [-0.05, 0) is 30.5 Å². The van der Waals surface area contributed by atoms with Crippen molar-refractivity contribution in [1.29, 1.82) is 5.26 Å². The number of rotatable bonds is 23. The Morgan fingerprint density at radius 3 is 1.56 bits per heavy atom. The minimum atomic E-state index is -4.05. The molecular formula is C26H45N3O8S2.